The lowest BCUT2D eigenvalue weighted by Crippen LogP contribution is -2.15. The first kappa shape index (κ1) is 20.6. The van der Waals surface area contributed by atoms with Crippen molar-refractivity contribution in [2.75, 3.05) is 11.1 Å². The van der Waals surface area contributed by atoms with E-state index in [0.717, 1.165) is 41.3 Å². The van der Waals surface area contributed by atoms with Crippen LogP contribution in [0, 0.1) is 13.8 Å². The Labute approximate surface area is 180 Å². The van der Waals surface area contributed by atoms with Gasteiger partial charge >= 0.3 is 0 Å². The highest BCUT2D eigenvalue weighted by atomic mass is 32.2. The highest BCUT2D eigenvalue weighted by molar-refractivity contribution is 7.99. The topological polar surface area (TPSA) is 90.5 Å². The Balaban J connectivity index is 1.28. The molecule has 1 aliphatic rings. The van der Waals surface area contributed by atoms with Crippen LogP contribution in [0.15, 0.2) is 30.3 Å². The van der Waals surface area contributed by atoms with Crippen LogP contribution in [0.3, 0.4) is 0 Å². The summed E-state index contributed by atoms with van der Waals surface area (Å²) in [6.45, 7) is 4.72. The van der Waals surface area contributed by atoms with E-state index in [1.165, 1.54) is 24.6 Å². The molecule has 0 spiro atoms. The van der Waals surface area contributed by atoms with Crippen LogP contribution in [0.2, 0.25) is 0 Å². The number of hydrogen-bond acceptors (Lipinski definition) is 6. The molecule has 1 N–H and O–H groups in total. The second kappa shape index (κ2) is 9.42. The van der Waals surface area contributed by atoms with Crippen LogP contribution in [0.5, 0.6) is 0 Å². The molecule has 0 bridgehead atoms. The lowest BCUT2D eigenvalue weighted by Gasteiger charge is -2.11. The Morgan fingerprint density at radius 1 is 1.23 bits per heavy atom. The van der Waals surface area contributed by atoms with Gasteiger partial charge in [0.25, 0.3) is 0 Å². The third-order valence-electron chi connectivity index (χ3n) is 5.34. The highest BCUT2D eigenvalue weighted by Gasteiger charge is 2.21. The zero-order valence-corrected chi connectivity index (χ0v) is 18.2. The number of carbonyl (C=O) groups is 1. The molecule has 1 fully saturated rings. The number of benzene rings is 1. The van der Waals surface area contributed by atoms with Gasteiger partial charge in [0.05, 0.1) is 29.8 Å². The Hall–Kier alpha value is -2.68. The quantitative estimate of drug-likeness (QED) is 0.594. The molecule has 4 rings (SSSR count). The van der Waals surface area contributed by atoms with Gasteiger partial charge in [-0.1, -0.05) is 25.0 Å². The van der Waals surface area contributed by atoms with Crippen LogP contribution in [0.1, 0.15) is 54.5 Å². The van der Waals surface area contributed by atoms with Crippen LogP contribution >= 0.6 is 11.8 Å². The summed E-state index contributed by atoms with van der Waals surface area (Å²) in [4.78, 5) is 12.4. The molecular formula is C21H27N7OS. The first-order chi connectivity index (χ1) is 14.6. The number of amides is 1. The Morgan fingerprint density at radius 3 is 2.83 bits per heavy atom. The van der Waals surface area contributed by atoms with Crippen LogP contribution in [0.25, 0.3) is 0 Å². The zero-order chi connectivity index (χ0) is 20.9. The molecule has 1 amide bonds. The highest BCUT2D eigenvalue weighted by Crippen LogP contribution is 2.29. The lowest BCUT2D eigenvalue weighted by atomic mass is 10.2. The van der Waals surface area contributed by atoms with Crippen LogP contribution in [-0.2, 0) is 17.1 Å². The van der Waals surface area contributed by atoms with E-state index in [1.807, 2.05) is 47.5 Å². The van der Waals surface area contributed by atoms with Gasteiger partial charge in [0.2, 0.25) is 5.91 Å². The SMILES string of the molecule is Cc1cc(C)n(Cc2cccc(NC(=O)CSCc3nnnn3C3CCCC3)c2)n1. The first-order valence-electron chi connectivity index (χ1n) is 10.3. The average Bonchev–Trinajstić information content (AvgIpc) is 3.44. The van der Waals surface area contributed by atoms with E-state index in [4.69, 9.17) is 0 Å². The van der Waals surface area contributed by atoms with Crippen molar-refractivity contribution in [2.45, 2.75) is 57.9 Å². The summed E-state index contributed by atoms with van der Waals surface area (Å²) in [6.07, 6.45) is 4.74. The molecule has 0 aliphatic heterocycles. The Morgan fingerprint density at radius 2 is 2.07 bits per heavy atom. The number of nitrogens with one attached hydrogen (secondary N) is 1. The third-order valence-corrected chi connectivity index (χ3v) is 6.27. The number of thioether (sulfide) groups is 1. The van der Waals surface area contributed by atoms with E-state index in [1.54, 1.807) is 0 Å². The molecule has 2 aromatic heterocycles. The minimum Gasteiger partial charge on any atom is -0.325 e. The van der Waals surface area contributed by atoms with E-state index in [9.17, 15) is 4.79 Å². The van der Waals surface area contributed by atoms with Gasteiger partial charge < -0.3 is 5.32 Å². The van der Waals surface area contributed by atoms with E-state index in [2.05, 4.69) is 32.0 Å². The third kappa shape index (κ3) is 5.08. The summed E-state index contributed by atoms with van der Waals surface area (Å²) in [7, 11) is 0. The molecule has 8 nitrogen and oxygen atoms in total. The summed E-state index contributed by atoms with van der Waals surface area (Å²) in [5, 5.41) is 19.6. The van der Waals surface area contributed by atoms with Gasteiger partial charge in [0, 0.05) is 11.4 Å². The summed E-state index contributed by atoms with van der Waals surface area (Å²) in [5.41, 5.74) is 4.03. The monoisotopic (exact) mass is 425 g/mol. The summed E-state index contributed by atoms with van der Waals surface area (Å²) < 4.78 is 3.92. The van der Waals surface area contributed by atoms with Crippen molar-refractivity contribution in [2.24, 2.45) is 0 Å². The minimum absolute atomic E-state index is 0.0249. The first-order valence-corrected chi connectivity index (χ1v) is 11.5. The molecule has 9 heteroatoms. The number of tetrazole rings is 1. The van der Waals surface area contributed by atoms with Crippen molar-refractivity contribution in [3.05, 3.63) is 53.1 Å². The fourth-order valence-corrected chi connectivity index (χ4v) is 4.66. The molecule has 1 aliphatic carbocycles. The van der Waals surface area contributed by atoms with Gasteiger partial charge in [0.1, 0.15) is 0 Å². The number of anilines is 1. The van der Waals surface area contributed by atoms with Gasteiger partial charge in [-0.3, -0.25) is 9.48 Å². The molecule has 0 atom stereocenters. The Bertz CT molecular complexity index is 1010. The van der Waals surface area contributed by atoms with Gasteiger partial charge in [-0.25, -0.2) is 4.68 Å². The van der Waals surface area contributed by atoms with Crippen LogP contribution in [0.4, 0.5) is 5.69 Å². The van der Waals surface area contributed by atoms with Gasteiger partial charge in [-0.2, -0.15) is 5.10 Å². The van der Waals surface area contributed by atoms with Crippen LogP contribution in [-0.4, -0.2) is 41.6 Å². The predicted molar refractivity (Wildman–Crippen MR) is 117 cm³/mol. The number of carbonyl (C=O) groups excluding carboxylic acids is 1. The molecule has 0 saturated heterocycles. The molecule has 1 saturated carbocycles. The maximum Gasteiger partial charge on any atom is 0.234 e. The number of aryl methyl sites for hydroxylation is 2. The fraction of sp³-hybridized carbons (Fsp3) is 0.476. The van der Waals surface area contributed by atoms with Crippen LogP contribution < -0.4 is 5.32 Å². The lowest BCUT2D eigenvalue weighted by molar-refractivity contribution is -0.113. The normalized spacial score (nSPS) is 14.3. The summed E-state index contributed by atoms with van der Waals surface area (Å²) >= 11 is 1.53. The van der Waals surface area contributed by atoms with Crippen molar-refractivity contribution in [1.82, 2.24) is 30.0 Å². The van der Waals surface area contributed by atoms with E-state index < -0.39 is 0 Å². The second-order valence-corrected chi connectivity index (χ2v) is 8.79. The van der Waals surface area contributed by atoms with Gasteiger partial charge in [-0.05, 0) is 60.9 Å². The fourth-order valence-electron chi connectivity index (χ4n) is 3.93. The summed E-state index contributed by atoms with van der Waals surface area (Å²) in [6, 6.07) is 10.4. The smallest absolute Gasteiger partial charge is 0.234 e. The molecule has 30 heavy (non-hydrogen) atoms. The average molecular weight is 426 g/mol. The van der Waals surface area contributed by atoms with Crippen molar-refractivity contribution in [3.63, 3.8) is 0 Å². The van der Waals surface area contributed by atoms with E-state index in [-0.39, 0.29) is 5.91 Å². The van der Waals surface area contributed by atoms with E-state index >= 15 is 0 Å². The largest absolute Gasteiger partial charge is 0.325 e. The number of hydrogen-bond donors (Lipinski definition) is 1. The minimum atomic E-state index is -0.0249. The standard InChI is InChI=1S/C21H27N7OS/c1-15-10-16(2)27(24-15)12-17-6-5-7-18(11-17)22-21(29)14-30-13-20-23-25-26-28(20)19-8-3-4-9-19/h5-7,10-11,19H,3-4,8-9,12-14H2,1-2H3,(H,22,29). The Kier molecular flexibility index (Phi) is 6.47. The molecule has 2 heterocycles. The van der Waals surface area contributed by atoms with Gasteiger partial charge in [-0.15, -0.1) is 16.9 Å². The molecule has 0 radical (unpaired) electrons. The molecule has 3 aromatic rings. The molecule has 0 unspecified atom stereocenters. The number of rotatable bonds is 8. The van der Waals surface area contributed by atoms with E-state index in [0.29, 0.717) is 24.1 Å². The molecule has 158 valence electrons. The number of nitrogens with zero attached hydrogens (tertiary/aromatic N) is 6. The molecule has 1 aromatic carbocycles. The second-order valence-electron chi connectivity index (χ2n) is 7.80. The molecular weight excluding hydrogens is 398 g/mol. The van der Waals surface area contributed by atoms with Crippen molar-refractivity contribution in [3.8, 4) is 0 Å². The predicted octanol–water partition coefficient (Wildman–Crippen LogP) is 3.52. The zero-order valence-electron chi connectivity index (χ0n) is 17.4. The summed E-state index contributed by atoms with van der Waals surface area (Å²) in [5.74, 6) is 1.82. The number of aromatic nitrogens is 6. The van der Waals surface area contributed by atoms with Crippen molar-refractivity contribution in [1.29, 1.82) is 0 Å². The van der Waals surface area contributed by atoms with Crippen molar-refractivity contribution < 1.29 is 4.79 Å². The van der Waals surface area contributed by atoms with Gasteiger partial charge in [0.15, 0.2) is 5.82 Å². The van der Waals surface area contributed by atoms with Crippen molar-refractivity contribution >= 4 is 23.4 Å². The maximum absolute atomic E-state index is 12.4. The maximum atomic E-state index is 12.4.